The van der Waals surface area contributed by atoms with Crippen LogP contribution in [0.4, 0.5) is 0 Å². The van der Waals surface area contributed by atoms with Gasteiger partial charge in [-0.15, -0.1) is 0 Å². The second-order valence-corrected chi connectivity index (χ2v) is 17.8. The largest absolute Gasteiger partial charge is 0.0654 e. The van der Waals surface area contributed by atoms with Crippen molar-refractivity contribution in [2.75, 3.05) is 0 Å². The zero-order valence-electron chi connectivity index (χ0n) is 33.1. The molecule has 0 amide bonds. The smallest absolute Gasteiger partial charge is 0.0474 e. The van der Waals surface area contributed by atoms with E-state index in [1.165, 1.54) is 64.3 Å². The SMILES string of the molecule is CCC(CC)C1=CC2(c3ccc4c(c3-c3ccc5cc(CC(C)C)ccc5c32)C(C)(C)C2=C4Cc3ccccc32)C(C(C)C)C(C(CC)CC)=C1. The summed E-state index contributed by atoms with van der Waals surface area (Å²) in [4.78, 5) is 0. The maximum absolute atomic E-state index is 2.85. The van der Waals surface area contributed by atoms with E-state index in [0.717, 1.165) is 12.8 Å². The van der Waals surface area contributed by atoms with Crippen LogP contribution >= 0.6 is 0 Å². The van der Waals surface area contributed by atoms with Gasteiger partial charge in [-0.25, -0.2) is 0 Å². The van der Waals surface area contributed by atoms with E-state index in [1.54, 1.807) is 44.5 Å². The molecule has 4 aromatic rings. The molecule has 2 unspecified atom stereocenters. The molecule has 4 aliphatic rings. The van der Waals surface area contributed by atoms with Crippen molar-refractivity contribution in [2.24, 2.45) is 29.6 Å². The summed E-state index contributed by atoms with van der Waals surface area (Å²) in [5, 5.41) is 2.87. The Labute approximate surface area is 309 Å². The summed E-state index contributed by atoms with van der Waals surface area (Å²) in [5.74, 6) is 2.66. The van der Waals surface area contributed by atoms with E-state index in [-0.39, 0.29) is 10.8 Å². The first-order valence-corrected chi connectivity index (χ1v) is 20.5. The fourth-order valence-electron chi connectivity index (χ4n) is 11.8. The normalized spacial score (nSPS) is 21.2. The van der Waals surface area contributed by atoms with Gasteiger partial charge in [0, 0.05) is 16.7 Å². The highest BCUT2D eigenvalue weighted by atomic mass is 14.6. The molecule has 51 heavy (non-hydrogen) atoms. The highest BCUT2D eigenvalue weighted by Gasteiger charge is 2.55. The lowest BCUT2D eigenvalue weighted by Crippen LogP contribution is -2.42. The van der Waals surface area contributed by atoms with E-state index in [4.69, 9.17) is 0 Å². The summed E-state index contributed by atoms with van der Waals surface area (Å²) in [6.07, 6.45) is 12.5. The van der Waals surface area contributed by atoms with Crippen molar-refractivity contribution in [2.45, 2.75) is 119 Å². The summed E-state index contributed by atoms with van der Waals surface area (Å²) in [6, 6.07) is 26.9. The first kappa shape index (κ1) is 34.4. The number of rotatable bonds is 9. The molecule has 0 radical (unpaired) electrons. The summed E-state index contributed by atoms with van der Waals surface area (Å²) >= 11 is 0. The molecule has 0 N–H and O–H groups in total. The monoisotopic (exact) mass is 672 g/mol. The molecule has 264 valence electrons. The molecule has 0 saturated heterocycles. The lowest BCUT2D eigenvalue weighted by Gasteiger charge is -2.47. The number of hydrogen-bond acceptors (Lipinski definition) is 0. The van der Waals surface area contributed by atoms with Gasteiger partial charge in [-0.2, -0.15) is 0 Å². The van der Waals surface area contributed by atoms with E-state index >= 15 is 0 Å². The van der Waals surface area contributed by atoms with Crippen molar-refractivity contribution in [3.05, 3.63) is 129 Å². The third-order valence-corrected chi connectivity index (χ3v) is 13.8. The second-order valence-electron chi connectivity index (χ2n) is 17.8. The molecular formula is C51H60. The van der Waals surface area contributed by atoms with Crippen LogP contribution in [0.5, 0.6) is 0 Å². The van der Waals surface area contributed by atoms with Gasteiger partial charge in [-0.3, -0.25) is 0 Å². The van der Waals surface area contributed by atoms with Gasteiger partial charge in [0.15, 0.2) is 0 Å². The molecule has 4 aromatic carbocycles. The topological polar surface area (TPSA) is 0 Å². The number of hydrogen-bond donors (Lipinski definition) is 0. The average Bonchev–Trinajstić information content (AvgIpc) is 3.70. The molecule has 0 fully saturated rings. The van der Waals surface area contributed by atoms with Gasteiger partial charge in [0.2, 0.25) is 0 Å². The molecule has 0 aromatic heterocycles. The van der Waals surface area contributed by atoms with Crippen molar-refractivity contribution >= 4 is 21.9 Å². The van der Waals surface area contributed by atoms with Crippen LogP contribution in [0.25, 0.3) is 33.0 Å². The van der Waals surface area contributed by atoms with Crippen LogP contribution < -0.4 is 0 Å². The van der Waals surface area contributed by atoms with E-state index in [2.05, 4.69) is 148 Å². The van der Waals surface area contributed by atoms with Crippen LogP contribution in [0.1, 0.15) is 134 Å². The number of allylic oxidation sites excluding steroid dienone is 6. The van der Waals surface area contributed by atoms with Gasteiger partial charge in [-0.1, -0.05) is 154 Å². The molecule has 8 rings (SSSR count). The zero-order valence-corrected chi connectivity index (χ0v) is 33.1. The van der Waals surface area contributed by atoms with E-state index in [1.807, 2.05) is 0 Å². The molecule has 2 atom stereocenters. The Balaban J connectivity index is 1.50. The Bertz CT molecular complexity index is 2130. The van der Waals surface area contributed by atoms with Gasteiger partial charge in [0.05, 0.1) is 0 Å². The van der Waals surface area contributed by atoms with Gasteiger partial charge < -0.3 is 0 Å². The standard InChI is InChI=1S/C51H60/c1-11-33(12-2)37-28-42(34(13-3)14-4)46(31(7)8)51(29-37)44-24-23-40-43-27-35-17-15-16-18-38(35)47(43)50(9,10)49(40)45(44)41-22-20-36-26-32(25-30(5)6)19-21-39(36)48(41)51/h15-24,26,28-31,33-34,46H,11-14,25,27H2,1-10H3. The van der Waals surface area contributed by atoms with Crippen molar-refractivity contribution in [3.63, 3.8) is 0 Å². The van der Waals surface area contributed by atoms with E-state index < -0.39 is 0 Å². The van der Waals surface area contributed by atoms with Crippen molar-refractivity contribution < 1.29 is 0 Å². The summed E-state index contributed by atoms with van der Waals surface area (Å²) in [7, 11) is 0. The van der Waals surface area contributed by atoms with Crippen LogP contribution in [-0.4, -0.2) is 0 Å². The van der Waals surface area contributed by atoms with Gasteiger partial charge >= 0.3 is 0 Å². The van der Waals surface area contributed by atoms with E-state index in [9.17, 15) is 0 Å². The average molecular weight is 673 g/mol. The minimum absolute atomic E-state index is 0.0839. The molecule has 4 aliphatic carbocycles. The quantitative estimate of drug-likeness (QED) is 0.166. The maximum Gasteiger partial charge on any atom is 0.0474 e. The van der Waals surface area contributed by atoms with Gasteiger partial charge in [0.1, 0.15) is 0 Å². The molecular weight excluding hydrogens is 613 g/mol. The predicted octanol–water partition coefficient (Wildman–Crippen LogP) is 14.1. The Hall–Kier alpha value is -3.64. The van der Waals surface area contributed by atoms with Crippen molar-refractivity contribution in [1.82, 2.24) is 0 Å². The van der Waals surface area contributed by atoms with Gasteiger partial charge in [-0.05, 0) is 140 Å². The molecule has 0 heterocycles. The lowest BCUT2D eigenvalue weighted by molar-refractivity contribution is 0.298. The third-order valence-electron chi connectivity index (χ3n) is 13.8. The Morgan fingerprint density at radius 3 is 2.12 bits per heavy atom. The maximum atomic E-state index is 2.85. The number of benzene rings is 4. The van der Waals surface area contributed by atoms with Crippen LogP contribution in [0.3, 0.4) is 0 Å². The first-order valence-electron chi connectivity index (χ1n) is 20.5. The fraction of sp³-hybridized carbons (Fsp3) is 0.451. The molecule has 0 heteroatoms. The Morgan fingerprint density at radius 2 is 1.43 bits per heavy atom. The molecule has 0 nitrogen and oxygen atoms in total. The summed E-state index contributed by atoms with van der Waals surface area (Å²) in [5.41, 5.74) is 19.8. The van der Waals surface area contributed by atoms with Crippen LogP contribution in [0.15, 0.2) is 90.0 Å². The highest BCUT2D eigenvalue weighted by molar-refractivity contribution is 6.10. The fourth-order valence-corrected chi connectivity index (χ4v) is 11.8. The third kappa shape index (κ3) is 4.84. The molecule has 1 spiro atoms. The molecule has 0 bridgehead atoms. The molecule has 0 aliphatic heterocycles. The van der Waals surface area contributed by atoms with E-state index in [0.29, 0.717) is 29.6 Å². The van der Waals surface area contributed by atoms with Crippen LogP contribution in [0, 0.1) is 29.6 Å². The second kappa shape index (κ2) is 12.5. The summed E-state index contributed by atoms with van der Waals surface area (Å²) < 4.78 is 0. The number of fused-ring (bicyclic) bond motifs is 12. The van der Waals surface area contributed by atoms with Crippen molar-refractivity contribution in [1.29, 1.82) is 0 Å². The lowest BCUT2D eigenvalue weighted by atomic mass is 9.55. The van der Waals surface area contributed by atoms with Crippen LogP contribution in [-0.2, 0) is 23.7 Å². The Kier molecular flexibility index (Phi) is 8.44. The minimum Gasteiger partial charge on any atom is -0.0654 e. The Morgan fingerprint density at radius 1 is 0.725 bits per heavy atom. The predicted molar refractivity (Wildman–Crippen MR) is 221 cm³/mol. The molecule has 0 saturated carbocycles. The van der Waals surface area contributed by atoms with Gasteiger partial charge in [0.25, 0.3) is 0 Å². The van der Waals surface area contributed by atoms with Crippen molar-refractivity contribution in [3.8, 4) is 11.1 Å². The zero-order chi connectivity index (χ0) is 36.0. The minimum atomic E-state index is -0.224. The van der Waals surface area contributed by atoms with Crippen LogP contribution in [0.2, 0.25) is 0 Å². The highest BCUT2D eigenvalue weighted by Crippen LogP contribution is 2.67. The first-order chi connectivity index (χ1) is 24.5. The summed E-state index contributed by atoms with van der Waals surface area (Å²) in [6.45, 7) is 24.5.